The Morgan fingerprint density at radius 3 is 2.32 bits per heavy atom. The zero-order chi connectivity index (χ0) is 26.7. The Morgan fingerprint density at radius 1 is 1.03 bits per heavy atom. The van der Waals surface area contributed by atoms with Crippen molar-refractivity contribution in [3.05, 3.63) is 106 Å². The number of carbonyl (C=O) groups is 1. The van der Waals surface area contributed by atoms with Crippen molar-refractivity contribution in [3.8, 4) is 0 Å². The van der Waals surface area contributed by atoms with Crippen molar-refractivity contribution >= 4 is 17.5 Å². The first-order valence-electron chi connectivity index (χ1n) is 12.2. The minimum Gasteiger partial charge on any atom is -0.336 e. The summed E-state index contributed by atoms with van der Waals surface area (Å²) >= 11 is 6.02. The molecule has 4 rings (SSSR count). The summed E-state index contributed by atoms with van der Waals surface area (Å²) < 4.78 is 53.9. The van der Waals surface area contributed by atoms with E-state index in [2.05, 4.69) is 4.90 Å². The van der Waals surface area contributed by atoms with E-state index in [0.717, 1.165) is 11.6 Å². The molecule has 0 spiro atoms. The monoisotopic (exact) mass is 532 g/mol. The second kappa shape index (κ2) is 11.2. The Morgan fingerprint density at radius 2 is 1.70 bits per heavy atom. The minimum absolute atomic E-state index is 0.0948. The number of alkyl halides is 3. The fourth-order valence-corrected chi connectivity index (χ4v) is 5.11. The molecule has 1 fully saturated rings. The number of nitrogens with zero attached hydrogens (tertiary/aromatic N) is 2. The molecule has 0 bridgehead atoms. The molecule has 3 aromatic rings. The highest BCUT2D eigenvalue weighted by molar-refractivity contribution is 6.30. The molecular weight excluding hydrogens is 504 g/mol. The summed E-state index contributed by atoms with van der Waals surface area (Å²) in [5, 5.41) is 0.636. The maximum absolute atomic E-state index is 13.5. The van der Waals surface area contributed by atoms with Gasteiger partial charge >= 0.3 is 6.18 Å². The SMILES string of the molecule is CC(C)N(CC1CN(Cc2ccc(Cl)cc2)CC1c1cccc(C(F)(F)F)c1)C(=O)c1ccc(F)cc1. The summed E-state index contributed by atoms with van der Waals surface area (Å²) in [5.74, 6) is -0.945. The van der Waals surface area contributed by atoms with Crippen LogP contribution in [0.3, 0.4) is 0 Å². The smallest absolute Gasteiger partial charge is 0.336 e. The van der Waals surface area contributed by atoms with Gasteiger partial charge in [0.25, 0.3) is 5.91 Å². The molecule has 2 atom stereocenters. The van der Waals surface area contributed by atoms with E-state index in [0.29, 0.717) is 42.3 Å². The van der Waals surface area contributed by atoms with Gasteiger partial charge in [0.15, 0.2) is 0 Å². The van der Waals surface area contributed by atoms with E-state index in [4.69, 9.17) is 11.6 Å². The summed E-state index contributed by atoms with van der Waals surface area (Å²) in [7, 11) is 0. The quantitative estimate of drug-likeness (QED) is 0.299. The van der Waals surface area contributed by atoms with E-state index in [1.165, 1.54) is 36.4 Å². The molecule has 1 aliphatic rings. The maximum atomic E-state index is 13.5. The Bertz CT molecular complexity index is 1210. The molecule has 0 saturated carbocycles. The van der Waals surface area contributed by atoms with Crippen LogP contribution in [0.1, 0.15) is 46.8 Å². The predicted octanol–water partition coefficient (Wildman–Crippen LogP) is 7.26. The van der Waals surface area contributed by atoms with Gasteiger partial charge in [-0.15, -0.1) is 0 Å². The van der Waals surface area contributed by atoms with Gasteiger partial charge < -0.3 is 4.90 Å². The number of amides is 1. The molecule has 0 radical (unpaired) electrons. The number of halogens is 5. The number of rotatable bonds is 7. The Labute approximate surface area is 219 Å². The van der Waals surface area contributed by atoms with Crippen molar-refractivity contribution in [2.45, 2.75) is 38.5 Å². The van der Waals surface area contributed by atoms with Crippen molar-refractivity contribution in [3.63, 3.8) is 0 Å². The van der Waals surface area contributed by atoms with Gasteiger partial charge in [-0.05, 0) is 73.4 Å². The average molecular weight is 533 g/mol. The largest absolute Gasteiger partial charge is 0.416 e. The lowest BCUT2D eigenvalue weighted by Gasteiger charge is -2.32. The Hall–Kier alpha value is -2.90. The van der Waals surface area contributed by atoms with Crippen LogP contribution in [0.15, 0.2) is 72.8 Å². The second-order valence-corrected chi connectivity index (χ2v) is 10.3. The van der Waals surface area contributed by atoms with E-state index in [1.807, 2.05) is 38.1 Å². The molecule has 0 N–H and O–H groups in total. The third kappa shape index (κ3) is 6.70. The maximum Gasteiger partial charge on any atom is 0.416 e. The number of hydrogen-bond acceptors (Lipinski definition) is 2. The minimum atomic E-state index is -4.43. The normalized spacial score (nSPS) is 18.4. The van der Waals surface area contributed by atoms with Gasteiger partial charge in [0.2, 0.25) is 0 Å². The molecule has 0 aromatic heterocycles. The number of likely N-dealkylation sites (tertiary alicyclic amines) is 1. The van der Waals surface area contributed by atoms with E-state index in [-0.39, 0.29) is 23.8 Å². The lowest BCUT2D eigenvalue weighted by Crippen LogP contribution is -2.42. The fraction of sp³-hybridized carbons (Fsp3) is 0.345. The molecule has 1 saturated heterocycles. The van der Waals surface area contributed by atoms with Crippen molar-refractivity contribution in [2.75, 3.05) is 19.6 Å². The molecule has 8 heteroatoms. The first-order chi connectivity index (χ1) is 17.5. The summed E-state index contributed by atoms with van der Waals surface area (Å²) in [6.45, 7) is 5.97. The van der Waals surface area contributed by atoms with Crippen LogP contribution < -0.4 is 0 Å². The highest BCUT2D eigenvalue weighted by Crippen LogP contribution is 2.38. The van der Waals surface area contributed by atoms with Crippen molar-refractivity contribution in [2.24, 2.45) is 5.92 Å². The first kappa shape index (κ1) is 27.1. The van der Waals surface area contributed by atoms with Gasteiger partial charge in [-0.2, -0.15) is 13.2 Å². The van der Waals surface area contributed by atoms with Crippen LogP contribution in [0.5, 0.6) is 0 Å². The summed E-state index contributed by atoms with van der Waals surface area (Å²) in [4.78, 5) is 17.3. The van der Waals surface area contributed by atoms with Crippen LogP contribution >= 0.6 is 11.6 Å². The summed E-state index contributed by atoms with van der Waals surface area (Å²) in [5.41, 5.74) is 1.36. The fourth-order valence-electron chi connectivity index (χ4n) is 4.99. The van der Waals surface area contributed by atoms with Crippen LogP contribution in [0.25, 0.3) is 0 Å². The van der Waals surface area contributed by atoms with E-state index in [9.17, 15) is 22.4 Å². The standard InChI is InChI=1S/C29H29ClF4N2O/c1-19(2)36(28(37)21-8-12-26(31)13-9-21)17-23-16-35(15-20-6-10-25(30)11-7-20)18-27(23)22-4-3-5-24(14-22)29(32,33)34/h3-14,19,23,27H,15-18H2,1-2H3. The third-order valence-corrected chi connectivity index (χ3v) is 7.14. The topological polar surface area (TPSA) is 23.6 Å². The third-order valence-electron chi connectivity index (χ3n) is 6.88. The van der Waals surface area contributed by atoms with Crippen molar-refractivity contribution in [1.29, 1.82) is 0 Å². The second-order valence-electron chi connectivity index (χ2n) is 9.87. The zero-order valence-electron chi connectivity index (χ0n) is 20.7. The van der Waals surface area contributed by atoms with E-state index < -0.39 is 17.6 Å². The summed E-state index contributed by atoms with van der Waals surface area (Å²) in [6.07, 6.45) is -4.43. The Kier molecular flexibility index (Phi) is 8.24. The molecule has 1 heterocycles. The molecule has 196 valence electrons. The zero-order valence-corrected chi connectivity index (χ0v) is 21.4. The molecule has 3 aromatic carbocycles. The molecule has 2 unspecified atom stereocenters. The summed E-state index contributed by atoms with van der Waals surface area (Å²) in [6, 6.07) is 18.3. The van der Waals surface area contributed by atoms with Gasteiger partial charge in [-0.25, -0.2) is 4.39 Å². The number of benzene rings is 3. The lowest BCUT2D eigenvalue weighted by atomic mass is 9.87. The van der Waals surface area contributed by atoms with Crippen LogP contribution in [0, 0.1) is 11.7 Å². The number of hydrogen-bond donors (Lipinski definition) is 0. The molecular formula is C29H29ClF4N2O. The van der Waals surface area contributed by atoms with Crippen LogP contribution in [0.2, 0.25) is 5.02 Å². The van der Waals surface area contributed by atoms with Gasteiger partial charge in [-0.3, -0.25) is 9.69 Å². The van der Waals surface area contributed by atoms with Crippen LogP contribution in [0.4, 0.5) is 17.6 Å². The predicted molar refractivity (Wildman–Crippen MR) is 137 cm³/mol. The first-order valence-corrected chi connectivity index (χ1v) is 12.6. The van der Waals surface area contributed by atoms with Gasteiger partial charge in [0.05, 0.1) is 5.56 Å². The van der Waals surface area contributed by atoms with Crippen LogP contribution in [-0.4, -0.2) is 41.4 Å². The van der Waals surface area contributed by atoms with Gasteiger partial charge in [0.1, 0.15) is 5.82 Å². The van der Waals surface area contributed by atoms with Gasteiger partial charge in [0, 0.05) is 48.7 Å². The molecule has 37 heavy (non-hydrogen) atoms. The van der Waals surface area contributed by atoms with Gasteiger partial charge in [-0.1, -0.05) is 41.9 Å². The molecule has 1 amide bonds. The van der Waals surface area contributed by atoms with E-state index >= 15 is 0 Å². The number of carbonyl (C=O) groups excluding carboxylic acids is 1. The highest BCUT2D eigenvalue weighted by atomic mass is 35.5. The lowest BCUT2D eigenvalue weighted by molar-refractivity contribution is -0.137. The molecule has 3 nitrogen and oxygen atoms in total. The van der Waals surface area contributed by atoms with E-state index in [1.54, 1.807) is 11.0 Å². The van der Waals surface area contributed by atoms with Crippen molar-refractivity contribution < 1.29 is 22.4 Å². The Balaban J connectivity index is 1.62. The van der Waals surface area contributed by atoms with Crippen molar-refractivity contribution in [1.82, 2.24) is 9.80 Å². The average Bonchev–Trinajstić information content (AvgIpc) is 3.25. The molecule has 1 aliphatic heterocycles. The highest BCUT2D eigenvalue weighted by Gasteiger charge is 2.38. The molecule has 0 aliphatic carbocycles. The van der Waals surface area contributed by atoms with Crippen LogP contribution in [-0.2, 0) is 12.7 Å².